The Labute approximate surface area is 136 Å². The Morgan fingerprint density at radius 2 is 1.90 bits per heavy atom. The second kappa shape index (κ2) is 8.00. The molecule has 0 bridgehead atoms. The van der Waals surface area contributed by atoms with Crippen molar-refractivity contribution in [2.45, 2.75) is 20.4 Å². The van der Waals surface area contributed by atoms with Crippen LogP contribution in [0.25, 0.3) is 0 Å². The van der Waals surface area contributed by atoms with Gasteiger partial charge < -0.3 is 10.4 Å². The van der Waals surface area contributed by atoms with Gasteiger partial charge in [-0.25, -0.2) is 0 Å². The number of carbonyl (C=O) groups is 1. The number of halogens is 2. The maximum atomic E-state index is 11.7. The minimum absolute atomic E-state index is 0.0260. The molecule has 4 nitrogen and oxygen atoms in total. The van der Waals surface area contributed by atoms with Crippen molar-refractivity contribution in [1.29, 1.82) is 0 Å². The third-order valence-electron chi connectivity index (χ3n) is 2.65. The van der Waals surface area contributed by atoms with Crippen LogP contribution in [0, 0.1) is 5.92 Å². The number of carbonyl (C=O) groups excluding carboxylic acids is 1. The molecule has 0 fully saturated rings. The summed E-state index contributed by atoms with van der Waals surface area (Å²) >= 11 is 6.60. The molecule has 0 aromatic heterocycles. The van der Waals surface area contributed by atoms with E-state index in [1.165, 1.54) is 0 Å². The molecule has 0 radical (unpaired) electrons. The van der Waals surface area contributed by atoms with E-state index in [0.717, 1.165) is 5.56 Å². The summed E-state index contributed by atoms with van der Waals surface area (Å²) in [6, 6.07) is 3.70. The van der Waals surface area contributed by atoms with Crippen molar-refractivity contribution < 1.29 is 9.90 Å². The van der Waals surface area contributed by atoms with Gasteiger partial charge in [-0.05, 0) is 62.5 Å². The number of rotatable bonds is 6. The summed E-state index contributed by atoms with van der Waals surface area (Å²) in [6.07, 6.45) is 0. The van der Waals surface area contributed by atoms with Crippen molar-refractivity contribution in [2.24, 2.45) is 5.92 Å². The van der Waals surface area contributed by atoms with Crippen molar-refractivity contribution in [3.63, 3.8) is 0 Å². The standard InChI is InChI=1S/C14H20Br2N2O2/c1-9(2)6-17-13(19)8-18(3)7-10-4-11(15)14(20)12(16)5-10/h4-5,9,20H,6-8H2,1-3H3,(H,17,19). The van der Waals surface area contributed by atoms with Gasteiger partial charge in [0.1, 0.15) is 5.75 Å². The molecule has 0 spiro atoms. The molecular weight excluding hydrogens is 388 g/mol. The smallest absolute Gasteiger partial charge is 0.234 e. The molecule has 1 rings (SSSR count). The lowest BCUT2D eigenvalue weighted by Crippen LogP contribution is -2.36. The molecule has 6 heteroatoms. The van der Waals surface area contributed by atoms with Crippen LogP contribution in [0.4, 0.5) is 0 Å². The largest absolute Gasteiger partial charge is 0.506 e. The number of hydrogen-bond acceptors (Lipinski definition) is 3. The van der Waals surface area contributed by atoms with Crippen LogP contribution in [0.1, 0.15) is 19.4 Å². The molecule has 0 saturated heterocycles. The van der Waals surface area contributed by atoms with Crippen molar-refractivity contribution in [3.05, 3.63) is 26.6 Å². The summed E-state index contributed by atoms with van der Waals surface area (Å²) in [5.41, 5.74) is 1.01. The molecule has 1 aromatic carbocycles. The Hall–Kier alpha value is -0.590. The first-order valence-corrected chi connectivity index (χ1v) is 8.00. The van der Waals surface area contributed by atoms with Crippen LogP contribution >= 0.6 is 31.9 Å². The molecular formula is C14H20Br2N2O2. The summed E-state index contributed by atoms with van der Waals surface area (Å²) in [5, 5.41) is 12.6. The van der Waals surface area contributed by atoms with Crippen molar-refractivity contribution >= 4 is 37.8 Å². The van der Waals surface area contributed by atoms with Gasteiger partial charge >= 0.3 is 0 Å². The van der Waals surface area contributed by atoms with Crippen LogP contribution < -0.4 is 5.32 Å². The average Bonchev–Trinajstić information content (AvgIpc) is 2.33. The number of phenolic OH excluding ortho intramolecular Hbond substituents is 1. The first-order valence-electron chi connectivity index (χ1n) is 6.41. The highest BCUT2D eigenvalue weighted by molar-refractivity contribution is 9.11. The molecule has 0 heterocycles. The maximum Gasteiger partial charge on any atom is 0.234 e. The first kappa shape index (κ1) is 17.5. The van der Waals surface area contributed by atoms with E-state index in [1.54, 1.807) is 0 Å². The number of aromatic hydroxyl groups is 1. The monoisotopic (exact) mass is 406 g/mol. The Kier molecular flexibility index (Phi) is 6.99. The summed E-state index contributed by atoms with van der Waals surface area (Å²) in [5.74, 6) is 0.664. The normalized spacial score (nSPS) is 11.2. The zero-order chi connectivity index (χ0) is 15.3. The zero-order valence-electron chi connectivity index (χ0n) is 11.9. The fraction of sp³-hybridized carbons (Fsp3) is 0.500. The van der Waals surface area contributed by atoms with Crippen LogP contribution in [0.3, 0.4) is 0 Å². The van der Waals surface area contributed by atoms with Gasteiger partial charge in [0, 0.05) is 13.1 Å². The topological polar surface area (TPSA) is 52.6 Å². The minimum Gasteiger partial charge on any atom is -0.506 e. The van der Waals surface area contributed by atoms with Gasteiger partial charge in [0.25, 0.3) is 0 Å². The lowest BCUT2D eigenvalue weighted by molar-refractivity contribution is -0.122. The molecule has 1 amide bonds. The summed E-state index contributed by atoms with van der Waals surface area (Å²) in [4.78, 5) is 13.7. The van der Waals surface area contributed by atoms with Crippen LogP contribution in [0.5, 0.6) is 5.75 Å². The predicted octanol–water partition coefficient (Wildman–Crippen LogP) is 3.12. The fourth-order valence-electron chi connectivity index (χ4n) is 1.70. The number of hydrogen-bond donors (Lipinski definition) is 2. The predicted molar refractivity (Wildman–Crippen MR) is 87.7 cm³/mol. The van der Waals surface area contributed by atoms with Crippen LogP contribution in [0.15, 0.2) is 21.1 Å². The third kappa shape index (κ3) is 5.81. The molecule has 20 heavy (non-hydrogen) atoms. The fourth-order valence-corrected chi connectivity index (χ4v) is 2.98. The Bertz CT molecular complexity index is 455. The quantitative estimate of drug-likeness (QED) is 0.761. The highest BCUT2D eigenvalue weighted by Gasteiger charge is 2.10. The SMILES string of the molecule is CC(C)CNC(=O)CN(C)Cc1cc(Br)c(O)c(Br)c1. The Morgan fingerprint density at radius 1 is 1.35 bits per heavy atom. The third-order valence-corrected chi connectivity index (χ3v) is 3.86. The van der Waals surface area contributed by atoms with E-state index >= 15 is 0 Å². The molecule has 1 aromatic rings. The second-order valence-corrected chi connectivity index (χ2v) is 6.99. The van der Waals surface area contributed by atoms with Crippen molar-refractivity contribution in [1.82, 2.24) is 10.2 Å². The van der Waals surface area contributed by atoms with Gasteiger partial charge in [-0.2, -0.15) is 0 Å². The number of phenols is 1. The summed E-state index contributed by atoms with van der Waals surface area (Å²) in [6.45, 7) is 5.81. The van der Waals surface area contributed by atoms with Gasteiger partial charge in [-0.1, -0.05) is 13.8 Å². The molecule has 0 aliphatic heterocycles. The van der Waals surface area contributed by atoms with Crippen LogP contribution in [-0.2, 0) is 11.3 Å². The Balaban J connectivity index is 2.54. The molecule has 0 atom stereocenters. The number of benzene rings is 1. The van der Waals surface area contributed by atoms with Crippen LogP contribution in [-0.4, -0.2) is 36.1 Å². The van der Waals surface area contributed by atoms with Gasteiger partial charge in [-0.15, -0.1) is 0 Å². The number of nitrogens with zero attached hydrogens (tertiary/aromatic N) is 1. The van der Waals surface area contributed by atoms with E-state index in [4.69, 9.17) is 0 Å². The van der Waals surface area contributed by atoms with E-state index < -0.39 is 0 Å². The molecule has 112 valence electrons. The lowest BCUT2D eigenvalue weighted by atomic mass is 10.2. The van der Waals surface area contributed by atoms with Gasteiger partial charge in [-0.3, -0.25) is 9.69 Å². The minimum atomic E-state index is 0.0260. The highest BCUT2D eigenvalue weighted by atomic mass is 79.9. The number of likely N-dealkylation sites (N-methyl/N-ethyl adjacent to an activating group) is 1. The molecule has 0 saturated carbocycles. The molecule has 2 N–H and O–H groups in total. The van der Waals surface area contributed by atoms with Gasteiger partial charge in [0.05, 0.1) is 15.5 Å². The second-order valence-electron chi connectivity index (χ2n) is 5.28. The zero-order valence-corrected chi connectivity index (χ0v) is 15.1. The number of amides is 1. The number of nitrogens with one attached hydrogen (secondary N) is 1. The Morgan fingerprint density at radius 3 is 2.40 bits per heavy atom. The first-order chi connectivity index (χ1) is 9.29. The van der Waals surface area contributed by atoms with E-state index in [0.29, 0.717) is 34.5 Å². The van der Waals surface area contributed by atoms with E-state index in [-0.39, 0.29) is 11.7 Å². The average molecular weight is 408 g/mol. The van der Waals surface area contributed by atoms with Crippen molar-refractivity contribution in [3.8, 4) is 5.75 Å². The summed E-state index contributed by atoms with van der Waals surface area (Å²) < 4.78 is 1.28. The maximum absolute atomic E-state index is 11.7. The summed E-state index contributed by atoms with van der Waals surface area (Å²) in [7, 11) is 1.89. The highest BCUT2D eigenvalue weighted by Crippen LogP contribution is 2.33. The van der Waals surface area contributed by atoms with Gasteiger partial charge in [0.2, 0.25) is 5.91 Å². The van der Waals surface area contributed by atoms with E-state index in [9.17, 15) is 9.90 Å². The molecule has 0 aliphatic carbocycles. The van der Waals surface area contributed by atoms with Gasteiger partial charge in [0.15, 0.2) is 0 Å². The van der Waals surface area contributed by atoms with E-state index in [1.807, 2.05) is 24.1 Å². The molecule has 0 unspecified atom stereocenters. The van der Waals surface area contributed by atoms with Crippen molar-refractivity contribution in [2.75, 3.05) is 20.1 Å². The lowest BCUT2D eigenvalue weighted by Gasteiger charge is -2.17. The van der Waals surface area contributed by atoms with E-state index in [2.05, 4.69) is 51.0 Å². The molecule has 0 aliphatic rings. The van der Waals surface area contributed by atoms with Crippen LogP contribution in [0.2, 0.25) is 0 Å².